The summed E-state index contributed by atoms with van der Waals surface area (Å²) in [5, 5.41) is 10.0. The van der Waals surface area contributed by atoms with E-state index in [0.717, 1.165) is 24.2 Å². The maximum Gasteiger partial charge on any atom is 0.119 e. The van der Waals surface area contributed by atoms with Crippen molar-refractivity contribution in [3.05, 3.63) is 29.8 Å². The zero-order chi connectivity index (χ0) is 12.8. The molecule has 0 fully saturated rings. The molecule has 0 saturated carbocycles. The van der Waals surface area contributed by atoms with Crippen LogP contribution in [0.25, 0.3) is 0 Å². The number of aliphatic hydroxyl groups is 1. The highest BCUT2D eigenvalue weighted by molar-refractivity contribution is 5.28. The predicted molar refractivity (Wildman–Crippen MR) is 71.2 cm³/mol. The first kappa shape index (κ1) is 14.0. The molecule has 1 atom stereocenters. The minimum absolute atomic E-state index is 0.187. The fourth-order valence-corrected chi connectivity index (χ4v) is 1.70. The van der Waals surface area contributed by atoms with E-state index >= 15 is 0 Å². The fraction of sp³-hybridized carbons (Fsp3) is 0.600. The van der Waals surface area contributed by atoms with Gasteiger partial charge in [-0.2, -0.15) is 0 Å². The highest BCUT2D eigenvalue weighted by Gasteiger charge is 2.08. The Morgan fingerprint density at radius 2 is 1.59 bits per heavy atom. The van der Waals surface area contributed by atoms with E-state index in [1.165, 1.54) is 0 Å². The SMILES string of the molecule is CC(C)CCC(O)c1ccc(OC(C)C)cc1. The van der Waals surface area contributed by atoms with Crippen molar-refractivity contribution in [2.75, 3.05) is 0 Å². The van der Waals surface area contributed by atoms with Crippen molar-refractivity contribution in [3.63, 3.8) is 0 Å². The summed E-state index contributed by atoms with van der Waals surface area (Å²) in [6.45, 7) is 8.36. The first-order chi connectivity index (χ1) is 7.99. The van der Waals surface area contributed by atoms with Crippen LogP contribution in [0.5, 0.6) is 5.75 Å². The summed E-state index contributed by atoms with van der Waals surface area (Å²) in [6.07, 6.45) is 1.70. The molecule has 17 heavy (non-hydrogen) atoms. The van der Waals surface area contributed by atoms with Gasteiger partial charge >= 0.3 is 0 Å². The Labute approximate surface area is 105 Å². The number of hydrogen-bond acceptors (Lipinski definition) is 2. The molecule has 0 aliphatic rings. The van der Waals surface area contributed by atoms with Crippen LogP contribution in [0.1, 0.15) is 52.2 Å². The van der Waals surface area contributed by atoms with Crippen LogP contribution < -0.4 is 4.74 Å². The summed E-state index contributed by atoms with van der Waals surface area (Å²) in [7, 11) is 0. The van der Waals surface area contributed by atoms with E-state index in [9.17, 15) is 5.11 Å². The Morgan fingerprint density at radius 3 is 2.06 bits per heavy atom. The van der Waals surface area contributed by atoms with Gasteiger partial charge in [-0.25, -0.2) is 0 Å². The second kappa shape index (κ2) is 6.65. The van der Waals surface area contributed by atoms with Crippen LogP contribution in [0.15, 0.2) is 24.3 Å². The van der Waals surface area contributed by atoms with Gasteiger partial charge in [0.25, 0.3) is 0 Å². The Bertz CT molecular complexity index is 314. The first-order valence-corrected chi connectivity index (χ1v) is 6.43. The van der Waals surface area contributed by atoms with Crippen LogP contribution in [-0.4, -0.2) is 11.2 Å². The third-order valence-corrected chi connectivity index (χ3v) is 2.65. The zero-order valence-corrected chi connectivity index (χ0v) is 11.3. The molecule has 1 aromatic carbocycles. The van der Waals surface area contributed by atoms with E-state index < -0.39 is 0 Å². The minimum atomic E-state index is -0.356. The maximum atomic E-state index is 10.0. The lowest BCUT2D eigenvalue weighted by Crippen LogP contribution is -2.05. The van der Waals surface area contributed by atoms with Crippen LogP contribution in [-0.2, 0) is 0 Å². The number of aliphatic hydroxyl groups excluding tert-OH is 1. The van der Waals surface area contributed by atoms with Gasteiger partial charge in [0.2, 0.25) is 0 Å². The summed E-state index contributed by atoms with van der Waals surface area (Å²) >= 11 is 0. The molecule has 1 aromatic rings. The smallest absolute Gasteiger partial charge is 0.119 e. The molecule has 0 aromatic heterocycles. The number of rotatable bonds is 6. The average Bonchev–Trinajstić information content (AvgIpc) is 2.26. The average molecular weight is 236 g/mol. The molecule has 0 heterocycles. The van der Waals surface area contributed by atoms with E-state index in [2.05, 4.69) is 13.8 Å². The lowest BCUT2D eigenvalue weighted by atomic mass is 10.00. The molecular formula is C15H24O2. The van der Waals surface area contributed by atoms with Gasteiger partial charge in [-0.3, -0.25) is 0 Å². The molecule has 2 nitrogen and oxygen atoms in total. The normalized spacial score (nSPS) is 13.1. The molecule has 0 bridgehead atoms. The molecule has 1 N–H and O–H groups in total. The summed E-state index contributed by atoms with van der Waals surface area (Å²) in [4.78, 5) is 0. The largest absolute Gasteiger partial charge is 0.491 e. The van der Waals surface area contributed by atoms with Crippen LogP contribution in [0.4, 0.5) is 0 Å². The molecule has 1 rings (SSSR count). The number of benzene rings is 1. The quantitative estimate of drug-likeness (QED) is 0.810. The van der Waals surface area contributed by atoms with Crippen LogP contribution >= 0.6 is 0 Å². The lowest BCUT2D eigenvalue weighted by molar-refractivity contribution is 0.159. The van der Waals surface area contributed by atoms with Gasteiger partial charge < -0.3 is 9.84 Å². The van der Waals surface area contributed by atoms with Gasteiger partial charge in [-0.05, 0) is 50.3 Å². The van der Waals surface area contributed by atoms with Gasteiger partial charge in [0.1, 0.15) is 5.75 Å². The topological polar surface area (TPSA) is 29.5 Å². The maximum absolute atomic E-state index is 10.0. The van der Waals surface area contributed by atoms with Crippen molar-refractivity contribution < 1.29 is 9.84 Å². The van der Waals surface area contributed by atoms with Gasteiger partial charge in [-0.15, -0.1) is 0 Å². The second-order valence-electron chi connectivity index (χ2n) is 5.22. The van der Waals surface area contributed by atoms with Gasteiger partial charge in [0.15, 0.2) is 0 Å². The molecular weight excluding hydrogens is 212 g/mol. The van der Waals surface area contributed by atoms with E-state index in [1.807, 2.05) is 38.1 Å². The molecule has 96 valence electrons. The van der Waals surface area contributed by atoms with Crippen molar-refractivity contribution in [2.24, 2.45) is 5.92 Å². The minimum Gasteiger partial charge on any atom is -0.491 e. The highest BCUT2D eigenvalue weighted by atomic mass is 16.5. The highest BCUT2D eigenvalue weighted by Crippen LogP contribution is 2.23. The van der Waals surface area contributed by atoms with E-state index in [0.29, 0.717) is 5.92 Å². The van der Waals surface area contributed by atoms with Gasteiger partial charge in [0.05, 0.1) is 12.2 Å². The Hall–Kier alpha value is -1.02. The Balaban J connectivity index is 2.54. The van der Waals surface area contributed by atoms with E-state index in [4.69, 9.17) is 4.74 Å². The van der Waals surface area contributed by atoms with Crippen LogP contribution in [0, 0.1) is 5.92 Å². The zero-order valence-electron chi connectivity index (χ0n) is 11.3. The predicted octanol–water partition coefficient (Wildman–Crippen LogP) is 3.94. The molecule has 0 spiro atoms. The molecule has 0 amide bonds. The standard InChI is InChI=1S/C15H24O2/c1-11(2)5-10-15(16)13-6-8-14(9-7-13)17-12(3)4/h6-9,11-12,15-16H,5,10H2,1-4H3. The molecule has 0 saturated heterocycles. The van der Waals surface area contributed by atoms with Crippen LogP contribution in [0.3, 0.4) is 0 Å². The van der Waals surface area contributed by atoms with Crippen molar-refractivity contribution in [1.82, 2.24) is 0 Å². The first-order valence-electron chi connectivity index (χ1n) is 6.43. The number of hydrogen-bond donors (Lipinski definition) is 1. The third kappa shape index (κ3) is 5.22. The van der Waals surface area contributed by atoms with Crippen molar-refractivity contribution in [1.29, 1.82) is 0 Å². The second-order valence-corrected chi connectivity index (χ2v) is 5.22. The summed E-state index contributed by atoms with van der Waals surface area (Å²) in [6, 6.07) is 7.74. The van der Waals surface area contributed by atoms with Gasteiger partial charge in [0, 0.05) is 0 Å². The summed E-state index contributed by atoms with van der Waals surface area (Å²) in [5.41, 5.74) is 0.974. The molecule has 0 radical (unpaired) electrons. The molecule has 0 aliphatic carbocycles. The van der Waals surface area contributed by atoms with Crippen molar-refractivity contribution >= 4 is 0 Å². The Kier molecular flexibility index (Phi) is 5.49. The third-order valence-electron chi connectivity index (χ3n) is 2.65. The van der Waals surface area contributed by atoms with Crippen molar-refractivity contribution in [3.8, 4) is 5.75 Å². The summed E-state index contributed by atoms with van der Waals surface area (Å²) < 4.78 is 5.57. The molecule has 2 heteroatoms. The molecule has 1 unspecified atom stereocenters. The van der Waals surface area contributed by atoms with E-state index in [1.54, 1.807) is 0 Å². The monoisotopic (exact) mass is 236 g/mol. The lowest BCUT2D eigenvalue weighted by Gasteiger charge is -2.14. The summed E-state index contributed by atoms with van der Waals surface area (Å²) in [5.74, 6) is 1.49. The Morgan fingerprint density at radius 1 is 1.00 bits per heavy atom. The van der Waals surface area contributed by atoms with E-state index in [-0.39, 0.29) is 12.2 Å². The van der Waals surface area contributed by atoms with Crippen molar-refractivity contribution in [2.45, 2.75) is 52.7 Å². The van der Waals surface area contributed by atoms with Crippen LogP contribution in [0.2, 0.25) is 0 Å². The van der Waals surface area contributed by atoms with Gasteiger partial charge in [-0.1, -0.05) is 26.0 Å². The fourth-order valence-electron chi connectivity index (χ4n) is 1.70. The molecule has 0 aliphatic heterocycles. The number of ether oxygens (including phenoxy) is 1.